The molecule has 0 unspecified atom stereocenters. The van der Waals surface area contributed by atoms with E-state index in [0.29, 0.717) is 23.7 Å². The van der Waals surface area contributed by atoms with Gasteiger partial charge in [0.25, 0.3) is 0 Å². The van der Waals surface area contributed by atoms with Crippen LogP contribution in [0.3, 0.4) is 0 Å². The van der Waals surface area contributed by atoms with Gasteiger partial charge in [0, 0.05) is 5.56 Å². The molecule has 0 aliphatic carbocycles. The second kappa shape index (κ2) is 8.50. The lowest BCUT2D eigenvalue weighted by molar-refractivity contribution is 0.0926. The molecule has 0 radical (unpaired) electrons. The van der Waals surface area contributed by atoms with Crippen LogP contribution in [0.15, 0.2) is 70.2 Å². The van der Waals surface area contributed by atoms with Crippen LogP contribution in [0.25, 0.3) is 0 Å². The van der Waals surface area contributed by atoms with E-state index in [1.807, 2.05) is 30.3 Å². The van der Waals surface area contributed by atoms with Gasteiger partial charge in [-0.2, -0.15) is 10.4 Å². The molecule has 1 heterocycles. The van der Waals surface area contributed by atoms with Gasteiger partial charge in [-0.1, -0.05) is 18.2 Å². The fourth-order valence-corrected chi connectivity index (χ4v) is 2.34. The highest BCUT2D eigenvalue weighted by Gasteiger charge is 2.08. The highest BCUT2D eigenvalue weighted by atomic mass is 16.5. The van der Waals surface area contributed by atoms with Crippen LogP contribution >= 0.6 is 0 Å². The predicted octanol–water partition coefficient (Wildman–Crippen LogP) is 3.80. The Morgan fingerprint density at radius 3 is 2.67 bits per heavy atom. The van der Waals surface area contributed by atoms with E-state index < -0.39 is 5.91 Å². The van der Waals surface area contributed by atoms with Gasteiger partial charge in [-0.15, -0.1) is 0 Å². The molecule has 134 valence electrons. The van der Waals surface area contributed by atoms with Gasteiger partial charge in [0.2, 0.25) is 0 Å². The zero-order valence-corrected chi connectivity index (χ0v) is 14.7. The number of benzene rings is 2. The van der Waals surface area contributed by atoms with Crippen molar-refractivity contribution in [2.24, 2.45) is 5.10 Å². The summed E-state index contributed by atoms with van der Waals surface area (Å²) in [4.78, 5) is 11.8. The molecule has 0 aliphatic rings. The highest BCUT2D eigenvalue weighted by molar-refractivity contribution is 5.92. The number of nitriles is 1. The van der Waals surface area contributed by atoms with Crippen LogP contribution in [0.4, 0.5) is 0 Å². The molecule has 2 aromatic carbocycles. The molecule has 0 fully saturated rings. The summed E-state index contributed by atoms with van der Waals surface area (Å²) in [6.07, 6.45) is 1.53. The second-order valence-corrected chi connectivity index (χ2v) is 5.74. The molecular formula is C21H17N3O3. The minimum atomic E-state index is -0.407. The molecule has 0 saturated heterocycles. The van der Waals surface area contributed by atoms with Crippen molar-refractivity contribution in [1.82, 2.24) is 5.43 Å². The molecule has 0 aliphatic heterocycles. The van der Waals surface area contributed by atoms with Crippen LogP contribution in [0.1, 0.15) is 33.0 Å². The van der Waals surface area contributed by atoms with Crippen molar-refractivity contribution < 1.29 is 13.9 Å². The molecule has 6 heteroatoms. The third-order valence-electron chi connectivity index (χ3n) is 3.76. The van der Waals surface area contributed by atoms with Crippen molar-refractivity contribution in [3.63, 3.8) is 0 Å². The summed E-state index contributed by atoms with van der Waals surface area (Å²) >= 11 is 0. The summed E-state index contributed by atoms with van der Waals surface area (Å²) in [7, 11) is 0. The number of nitrogens with one attached hydrogen (secondary N) is 1. The first-order chi connectivity index (χ1) is 13.2. The maximum absolute atomic E-state index is 11.8. The summed E-state index contributed by atoms with van der Waals surface area (Å²) in [6, 6.07) is 20.0. The van der Waals surface area contributed by atoms with Crippen LogP contribution < -0.4 is 10.2 Å². The number of carbonyl (C=O) groups excluding carboxylic acids is 1. The van der Waals surface area contributed by atoms with Gasteiger partial charge in [-0.3, -0.25) is 4.79 Å². The summed E-state index contributed by atoms with van der Waals surface area (Å²) in [5.41, 5.74) is 4.65. The first-order valence-corrected chi connectivity index (χ1v) is 8.26. The standard InChI is InChI=1S/C21H17N3O3/c1-15-6-11-20(27-15)21(25)24-23-13-16-7-9-19(10-8-16)26-14-18-5-3-2-4-17(18)12-22/h2-11,13H,14H2,1H3,(H,24,25)/b23-13-. The highest BCUT2D eigenvalue weighted by Crippen LogP contribution is 2.15. The molecule has 0 bridgehead atoms. The fraction of sp³-hybridized carbons (Fsp3) is 0.0952. The van der Waals surface area contributed by atoms with Crippen molar-refractivity contribution >= 4 is 12.1 Å². The Labute approximate surface area is 156 Å². The monoisotopic (exact) mass is 359 g/mol. The lowest BCUT2D eigenvalue weighted by Gasteiger charge is -2.07. The van der Waals surface area contributed by atoms with E-state index in [4.69, 9.17) is 14.4 Å². The van der Waals surface area contributed by atoms with Crippen LogP contribution in [-0.4, -0.2) is 12.1 Å². The molecule has 3 aromatic rings. The number of aryl methyl sites for hydroxylation is 1. The SMILES string of the molecule is Cc1ccc(C(=O)N/N=C\c2ccc(OCc3ccccc3C#N)cc2)o1. The first kappa shape index (κ1) is 18.0. The van der Waals surface area contributed by atoms with Crippen molar-refractivity contribution in [1.29, 1.82) is 5.26 Å². The summed E-state index contributed by atoms with van der Waals surface area (Å²) in [6.45, 7) is 2.08. The van der Waals surface area contributed by atoms with Crippen LogP contribution in [0.2, 0.25) is 0 Å². The van der Waals surface area contributed by atoms with Gasteiger partial charge in [-0.05, 0) is 55.0 Å². The van der Waals surface area contributed by atoms with Crippen molar-refractivity contribution in [3.8, 4) is 11.8 Å². The number of rotatable bonds is 6. The average molecular weight is 359 g/mol. The van der Waals surface area contributed by atoms with Crippen molar-refractivity contribution in [2.75, 3.05) is 0 Å². The number of furan rings is 1. The number of nitrogens with zero attached hydrogens (tertiary/aromatic N) is 2. The van der Waals surface area contributed by atoms with Gasteiger partial charge in [-0.25, -0.2) is 5.43 Å². The van der Waals surface area contributed by atoms with E-state index in [0.717, 1.165) is 11.1 Å². The van der Waals surface area contributed by atoms with Gasteiger partial charge < -0.3 is 9.15 Å². The number of carbonyl (C=O) groups is 1. The molecular weight excluding hydrogens is 342 g/mol. The number of amides is 1. The quantitative estimate of drug-likeness (QED) is 0.535. The van der Waals surface area contributed by atoms with Gasteiger partial charge in [0.1, 0.15) is 18.1 Å². The zero-order valence-electron chi connectivity index (χ0n) is 14.7. The Morgan fingerprint density at radius 1 is 1.19 bits per heavy atom. The second-order valence-electron chi connectivity index (χ2n) is 5.74. The Morgan fingerprint density at radius 2 is 1.96 bits per heavy atom. The third-order valence-corrected chi connectivity index (χ3v) is 3.76. The van der Waals surface area contributed by atoms with E-state index in [2.05, 4.69) is 16.6 Å². The van der Waals surface area contributed by atoms with E-state index in [1.54, 1.807) is 37.3 Å². The maximum atomic E-state index is 11.8. The van der Waals surface area contributed by atoms with Crippen molar-refractivity contribution in [2.45, 2.75) is 13.5 Å². The molecule has 27 heavy (non-hydrogen) atoms. The molecule has 1 aromatic heterocycles. The Balaban J connectivity index is 1.54. The predicted molar refractivity (Wildman–Crippen MR) is 100 cm³/mol. The average Bonchev–Trinajstić information content (AvgIpc) is 3.14. The minimum Gasteiger partial charge on any atom is -0.489 e. The van der Waals surface area contributed by atoms with Crippen molar-refractivity contribution in [3.05, 3.63) is 88.9 Å². The Kier molecular flexibility index (Phi) is 5.65. The number of hydrogen-bond acceptors (Lipinski definition) is 5. The molecule has 1 amide bonds. The number of hydrogen-bond donors (Lipinski definition) is 1. The lowest BCUT2D eigenvalue weighted by atomic mass is 10.1. The Bertz CT molecular complexity index is 998. The van der Waals surface area contributed by atoms with Gasteiger partial charge in [0.15, 0.2) is 5.76 Å². The van der Waals surface area contributed by atoms with E-state index >= 15 is 0 Å². The first-order valence-electron chi connectivity index (χ1n) is 8.26. The minimum absolute atomic E-state index is 0.214. The molecule has 0 spiro atoms. The summed E-state index contributed by atoms with van der Waals surface area (Å²) < 4.78 is 10.9. The van der Waals surface area contributed by atoms with Gasteiger partial charge in [0.05, 0.1) is 17.8 Å². The topological polar surface area (TPSA) is 87.6 Å². The summed E-state index contributed by atoms with van der Waals surface area (Å²) in [5, 5.41) is 13.0. The molecule has 3 rings (SSSR count). The van der Waals surface area contributed by atoms with Crippen LogP contribution in [0, 0.1) is 18.3 Å². The molecule has 1 N–H and O–H groups in total. The number of hydrazone groups is 1. The maximum Gasteiger partial charge on any atom is 0.307 e. The molecule has 0 atom stereocenters. The largest absolute Gasteiger partial charge is 0.489 e. The molecule has 0 saturated carbocycles. The van der Waals surface area contributed by atoms with E-state index in [1.165, 1.54) is 6.21 Å². The van der Waals surface area contributed by atoms with Gasteiger partial charge >= 0.3 is 5.91 Å². The van der Waals surface area contributed by atoms with E-state index in [-0.39, 0.29) is 5.76 Å². The lowest BCUT2D eigenvalue weighted by Crippen LogP contribution is -2.16. The molecule has 6 nitrogen and oxygen atoms in total. The van der Waals surface area contributed by atoms with Crippen LogP contribution in [-0.2, 0) is 6.61 Å². The van der Waals surface area contributed by atoms with Crippen LogP contribution in [0.5, 0.6) is 5.75 Å². The number of ether oxygens (including phenoxy) is 1. The fourth-order valence-electron chi connectivity index (χ4n) is 2.34. The third kappa shape index (κ3) is 4.83. The zero-order chi connectivity index (χ0) is 19.1. The summed E-state index contributed by atoms with van der Waals surface area (Å²) in [5.74, 6) is 1.15. The smallest absolute Gasteiger partial charge is 0.307 e. The normalized spacial score (nSPS) is 10.5. The Hall–Kier alpha value is -3.85. The van der Waals surface area contributed by atoms with E-state index in [9.17, 15) is 4.79 Å².